The van der Waals surface area contributed by atoms with Crippen molar-refractivity contribution in [1.82, 2.24) is 14.6 Å². The molecule has 6 heteroatoms. The van der Waals surface area contributed by atoms with Crippen LogP contribution in [0.2, 0.25) is 5.15 Å². The second kappa shape index (κ2) is 2.70. The van der Waals surface area contributed by atoms with Crippen molar-refractivity contribution in [2.75, 3.05) is 0 Å². The predicted octanol–water partition coefficient (Wildman–Crippen LogP) is 1.08. The molecule has 0 fully saturated rings. The van der Waals surface area contributed by atoms with Crippen LogP contribution in [0.4, 0.5) is 0 Å². The van der Waals surface area contributed by atoms with E-state index in [0.717, 1.165) is 0 Å². The van der Waals surface area contributed by atoms with E-state index in [9.17, 15) is 4.79 Å². The van der Waals surface area contributed by atoms with Gasteiger partial charge in [-0.25, -0.2) is 14.3 Å². The van der Waals surface area contributed by atoms with Crippen LogP contribution in [0.3, 0.4) is 0 Å². The molecule has 13 heavy (non-hydrogen) atoms. The van der Waals surface area contributed by atoms with Gasteiger partial charge in [-0.1, -0.05) is 11.6 Å². The Balaban J connectivity index is 2.82. The number of carboxylic acids is 1. The van der Waals surface area contributed by atoms with E-state index < -0.39 is 5.97 Å². The van der Waals surface area contributed by atoms with Gasteiger partial charge in [0.25, 0.3) is 0 Å². The summed E-state index contributed by atoms with van der Waals surface area (Å²) < 4.78 is 1.19. The molecule has 0 amide bonds. The number of carboxylic acid groups (broad SMARTS) is 1. The third kappa shape index (κ3) is 1.23. The fourth-order valence-corrected chi connectivity index (χ4v) is 1.20. The van der Waals surface area contributed by atoms with Crippen molar-refractivity contribution in [1.29, 1.82) is 0 Å². The number of aromatic carboxylic acids is 1. The SMILES string of the molecule is O=C(O)c1ccnc2cc(Cl)nn12. The molecule has 0 atom stereocenters. The Labute approximate surface area is 77.6 Å². The van der Waals surface area contributed by atoms with E-state index in [1.165, 1.54) is 22.8 Å². The van der Waals surface area contributed by atoms with Gasteiger partial charge in [0.15, 0.2) is 16.5 Å². The van der Waals surface area contributed by atoms with Gasteiger partial charge in [0, 0.05) is 12.3 Å². The zero-order valence-corrected chi connectivity index (χ0v) is 7.06. The van der Waals surface area contributed by atoms with Gasteiger partial charge in [-0.15, -0.1) is 0 Å². The number of hydrogen-bond donors (Lipinski definition) is 1. The topological polar surface area (TPSA) is 67.5 Å². The second-order valence-electron chi connectivity index (χ2n) is 2.37. The van der Waals surface area contributed by atoms with Crippen LogP contribution in [0.15, 0.2) is 18.3 Å². The summed E-state index contributed by atoms with van der Waals surface area (Å²) in [5.74, 6) is -1.06. The first-order valence-corrected chi connectivity index (χ1v) is 3.80. The van der Waals surface area contributed by atoms with Gasteiger partial charge in [-0.05, 0) is 6.07 Å². The standard InChI is InChI=1S/C7H4ClN3O2/c8-5-3-6-9-2-1-4(7(12)13)11(6)10-5/h1-3H,(H,12,13). The molecule has 66 valence electrons. The number of hydrogen-bond acceptors (Lipinski definition) is 3. The fraction of sp³-hybridized carbons (Fsp3) is 0. The van der Waals surface area contributed by atoms with Crippen LogP contribution in [0.25, 0.3) is 5.65 Å². The van der Waals surface area contributed by atoms with Crippen molar-refractivity contribution in [2.24, 2.45) is 0 Å². The lowest BCUT2D eigenvalue weighted by molar-refractivity contribution is 0.0687. The maximum absolute atomic E-state index is 10.7. The van der Waals surface area contributed by atoms with E-state index in [0.29, 0.717) is 5.65 Å². The minimum atomic E-state index is -1.06. The summed E-state index contributed by atoms with van der Waals surface area (Å²) in [6.45, 7) is 0. The first-order chi connectivity index (χ1) is 6.18. The molecule has 0 radical (unpaired) electrons. The van der Waals surface area contributed by atoms with Crippen molar-refractivity contribution in [3.8, 4) is 0 Å². The quantitative estimate of drug-likeness (QED) is 0.743. The first-order valence-electron chi connectivity index (χ1n) is 3.42. The first kappa shape index (κ1) is 8.00. The van der Waals surface area contributed by atoms with E-state index in [4.69, 9.17) is 16.7 Å². The van der Waals surface area contributed by atoms with Crippen LogP contribution >= 0.6 is 11.6 Å². The summed E-state index contributed by atoms with van der Waals surface area (Å²) >= 11 is 5.59. The molecule has 2 rings (SSSR count). The summed E-state index contributed by atoms with van der Waals surface area (Å²) in [6.07, 6.45) is 1.40. The number of fused-ring (bicyclic) bond motifs is 1. The Bertz CT molecular complexity index is 480. The van der Waals surface area contributed by atoms with Gasteiger partial charge in [0.1, 0.15) is 0 Å². The number of nitrogens with zero attached hydrogens (tertiary/aromatic N) is 3. The number of rotatable bonds is 1. The van der Waals surface area contributed by atoms with E-state index in [1.54, 1.807) is 0 Å². The average Bonchev–Trinajstić information content (AvgIpc) is 2.43. The Morgan fingerprint density at radius 1 is 1.62 bits per heavy atom. The molecule has 0 spiro atoms. The van der Waals surface area contributed by atoms with Crippen LogP contribution < -0.4 is 0 Å². The van der Waals surface area contributed by atoms with E-state index in [-0.39, 0.29) is 10.8 Å². The number of carbonyl (C=O) groups is 1. The summed E-state index contributed by atoms with van der Waals surface area (Å²) in [5, 5.41) is 12.8. The monoisotopic (exact) mass is 197 g/mol. The molecular weight excluding hydrogens is 194 g/mol. The molecule has 0 aliphatic rings. The summed E-state index contributed by atoms with van der Waals surface area (Å²) in [7, 11) is 0. The van der Waals surface area contributed by atoms with E-state index in [2.05, 4.69) is 10.1 Å². The molecule has 0 saturated heterocycles. The lowest BCUT2D eigenvalue weighted by atomic mass is 10.4. The highest BCUT2D eigenvalue weighted by Crippen LogP contribution is 2.10. The molecule has 0 aromatic carbocycles. The molecular formula is C7H4ClN3O2. The molecule has 2 heterocycles. The van der Waals surface area contributed by atoms with Crippen molar-refractivity contribution in [2.45, 2.75) is 0 Å². The normalized spacial score (nSPS) is 10.5. The smallest absolute Gasteiger partial charge is 0.354 e. The predicted molar refractivity (Wildman–Crippen MR) is 45.0 cm³/mol. The van der Waals surface area contributed by atoms with Crippen molar-refractivity contribution < 1.29 is 9.90 Å². The Morgan fingerprint density at radius 3 is 3.08 bits per heavy atom. The van der Waals surface area contributed by atoms with Gasteiger partial charge < -0.3 is 5.11 Å². The van der Waals surface area contributed by atoms with Gasteiger partial charge in [0.05, 0.1) is 0 Å². The second-order valence-corrected chi connectivity index (χ2v) is 2.76. The molecule has 1 N–H and O–H groups in total. The van der Waals surface area contributed by atoms with Gasteiger partial charge in [0.2, 0.25) is 0 Å². The molecule has 0 unspecified atom stereocenters. The summed E-state index contributed by atoms with van der Waals surface area (Å²) in [6, 6.07) is 2.85. The van der Waals surface area contributed by atoms with Crippen LogP contribution in [-0.4, -0.2) is 25.7 Å². The Kier molecular flexibility index (Phi) is 1.66. The molecule has 2 aromatic rings. The van der Waals surface area contributed by atoms with Crippen LogP contribution in [0, 0.1) is 0 Å². The average molecular weight is 198 g/mol. The maximum Gasteiger partial charge on any atom is 0.354 e. The molecule has 5 nitrogen and oxygen atoms in total. The third-order valence-corrected chi connectivity index (χ3v) is 1.73. The summed E-state index contributed by atoms with van der Waals surface area (Å²) in [4.78, 5) is 14.6. The molecule has 0 aliphatic carbocycles. The zero-order valence-electron chi connectivity index (χ0n) is 6.31. The highest BCUT2D eigenvalue weighted by molar-refractivity contribution is 6.29. The van der Waals surface area contributed by atoms with Gasteiger partial charge >= 0.3 is 5.97 Å². The number of halogens is 1. The molecule has 0 bridgehead atoms. The highest BCUT2D eigenvalue weighted by Gasteiger charge is 2.10. The maximum atomic E-state index is 10.7. The lowest BCUT2D eigenvalue weighted by Gasteiger charge is -1.96. The van der Waals surface area contributed by atoms with Crippen molar-refractivity contribution >= 4 is 23.2 Å². The lowest BCUT2D eigenvalue weighted by Crippen LogP contribution is -2.06. The molecule has 0 aliphatic heterocycles. The van der Waals surface area contributed by atoms with Crippen LogP contribution in [0.5, 0.6) is 0 Å². The Morgan fingerprint density at radius 2 is 2.38 bits per heavy atom. The van der Waals surface area contributed by atoms with Gasteiger partial charge in [-0.2, -0.15) is 5.10 Å². The molecule has 2 aromatic heterocycles. The zero-order chi connectivity index (χ0) is 9.42. The Hall–Kier alpha value is -1.62. The van der Waals surface area contributed by atoms with Crippen LogP contribution in [-0.2, 0) is 0 Å². The fourth-order valence-electron chi connectivity index (χ4n) is 1.03. The van der Waals surface area contributed by atoms with Gasteiger partial charge in [-0.3, -0.25) is 0 Å². The van der Waals surface area contributed by atoms with E-state index in [1.807, 2.05) is 0 Å². The molecule has 0 saturated carbocycles. The van der Waals surface area contributed by atoms with E-state index >= 15 is 0 Å². The van der Waals surface area contributed by atoms with Crippen LogP contribution in [0.1, 0.15) is 10.5 Å². The largest absolute Gasteiger partial charge is 0.477 e. The van der Waals surface area contributed by atoms with Crippen molar-refractivity contribution in [3.05, 3.63) is 29.2 Å². The summed E-state index contributed by atoms with van der Waals surface area (Å²) in [5.41, 5.74) is 0.460. The minimum absolute atomic E-state index is 0.0388. The number of aromatic nitrogens is 3. The third-order valence-electron chi connectivity index (χ3n) is 1.55. The highest BCUT2D eigenvalue weighted by atomic mass is 35.5. The minimum Gasteiger partial charge on any atom is -0.477 e. The van der Waals surface area contributed by atoms with Crippen molar-refractivity contribution in [3.63, 3.8) is 0 Å².